The first-order chi connectivity index (χ1) is 11.0. The zero-order chi connectivity index (χ0) is 17.2. The number of hydrogen-bond donors (Lipinski definition) is 4. The lowest BCUT2D eigenvalue weighted by atomic mass is 10.2. The molecule has 0 aromatic carbocycles. The third-order valence-electron chi connectivity index (χ3n) is 3.13. The van der Waals surface area contributed by atoms with Gasteiger partial charge in [0.2, 0.25) is 5.91 Å². The second-order valence-electron chi connectivity index (χ2n) is 5.03. The van der Waals surface area contributed by atoms with Crippen molar-refractivity contribution in [1.29, 1.82) is 0 Å². The zero-order valence-corrected chi connectivity index (χ0v) is 13.1. The van der Waals surface area contributed by atoms with Gasteiger partial charge in [-0.1, -0.05) is 0 Å². The Morgan fingerprint density at radius 3 is 2.30 bits per heavy atom. The molecule has 10 heteroatoms. The summed E-state index contributed by atoms with van der Waals surface area (Å²) in [5.74, 6) is -2.03. The van der Waals surface area contributed by atoms with Crippen molar-refractivity contribution in [3.05, 3.63) is 0 Å². The largest absolute Gasteiger partial charge is 0.467 e. The number of hydrogen-bond acceptors (Lipinski definition) is 8. The highest BCUT2D eigenvalue weighted by atomic mass is 16.5. The molecule has 1 heterocycles. The first-order valence-electron chi connectivity index (χ1n) is 7.31. The maximum absolute atomic E-state index is 11.9. The number of methoxy groups -OCH3 is 1. The number of ether oxygens (including phenoxy) is 3. The number of carbonyl (C=O) groups excluding carboxylic acids is 3. The van der Waals surface area contributed by atoms with E-state index < -0.39 is 36.0 Å². The molecule has 0 saturated carbocycles. The molecule has 10 nitrogen and oxygen atoms in total. The van der Waals surface area contributed by atoms with E-state index in [1.54, 1.807) is 0 Å². The Kier molecular flexibility index (Phi) is 8.48. The van der Waals surface area contributed by atoms with Crippen LogP contribution in [0.2, 0.25) is 0 Å². The molecule has 0 spiro atoms. The fourth-order valence-electron chi connectivity index (χ4n) is 1.79. The molecule has 1 saturated heterocycles. The highest BCUT2D eigenvalue weighted by molar-refractivity contribution is 5.91. The predicted molar refractivity (Wildman–Crippen MR) is 78.9 cm³/mol. The third kappa shape index (κ3) is 6.91. The minimum absolute atomic E-state index is 0.0197. The number of nitrogens with one attached hydrogen (secondary N) is 2. The first-order valence-corrected chi connectivity index (χ1v) is 7.31. The van der Waals surface area contributed by atoms with Crippen molar-refractivity contribution in [3.63, 3.8) is 0 Å². The molecule has 132 valence electrons. The van der Waals surface area contributed by atoms with Crippen LogP contribution in [-0.4, -0.2) is 69.6 Å². The Labute approximate surface area is 134 Å². The first kappa shape index (κ1) is 19.3. The predicted octanol–water partition coefficient (Wildman–Crippen LogP) is -2.80. The average Bonchev–Trinajstić information content (AvgIpc) is 2.54. The van der Waals surface area contributed by atoms with Gasteiger partial charge in [0.15, 0.2) is 12.2 Å². The number of esters is 1. The minimum Gasteiger partial charge on any atom is -0.467 e. The Bertz CT molecular complexity index is 419. The Hall–Kier alpha value is -1.75. The van der Waals surface area contributed by atoms with Crippen LogP contribution in [-0.2, 0) is 28.6 Å². The van der Waals surface area contributed by atoms with Gasteiger partial charge in [0, 0.05) is 13.2 Å². The van der Waals surface area contributed by atoms with Crippen molar-refractivity contribution in [2.45, 2.75) is 31.1 Å². The molecule has 0 aromatic rings. The summed E-state index contributed by atoms with van der Waals surface area (Å²) in [6, 6.07) is -1.95. The quantitative estimate of drug-likeness (QED) is 0.375. The summed E-state index contributed by atoms with van der Waals surface area (Å²) in [5.41, 5.74) is 11.2. The van der Waals surface area contributed by atoms with E-state index >= 15 is 0 Å². The van der Waals surface area contributed by atoms with Crippen molar-refractivity contribution in [3.8, 4) is 0 Å². The van der Waals surface area contributed by atoms with Crippen LogP contribution in [0.4, 0.5) is 0 Å². The lowest BCUT2D eigenvalue weighted by molar-refractivity contribution is -0.147. The summed E-state index contributed by atoms with van der Waals surface area (Å²) in [4.78, 5) is 35.4. The van der Waals surface area contributed by atoms with E-state index in [4.69, 9.17) is 20.9 Å². The van der Waals surface area contributed by atoms with Crippen LogP contribution < -0.4 is 22.1 Å². The maximum Gasteiger partial charge on any atom is 0.330 e. The lowest BCUT2D eigenvalue weighted by Gasteiger charge is -2.20. The van der Waals surface area contributed by atoms with Gasteiger partial charge in [0.25, 0.3) is 5.91 Å². The van der Waals surface area contributed by atoms with Gasteiger partial charge in [-0.25, -0.2) is 4.79 Å². The Morgan fingerprint density at radius 1 is 1.09 bits per heavy atom. The molecule has 23 heavy (non-hydrogen) atoms. The third-order valence-corrected chi connectivity index (χ3v) is 3.13. The summed E-state index contributed by atoms with van der Waals surface area (Å²) in [6.45, 7) is 0.779. The lowest BCUT2D eigenvalue weighted by Crippen LogP contribution is -2.59. The second kappa shape index (κ2) is 10.1. The highest BCUT2D eigenvalue weighted by Crippen LogP contribution is 1.97. The minimum atomic E-state index is -1.36. The summed E-state index contributed by atoms with van der Waals surface area (Å²) >= 11 is 0. The van der Waals surface area contributed by atoms with Crippen molar-refractivity contribution in [1.82, 2.24) is 10.6 Å². The molecule has 0 unspecified atom stereocenters. The van der Waals surface area contributed by atoms with Crippen LogP contribution in [0.1, 0.15) is 12.8 Å². The van der Waals surface area contributed by atoms with E-state index in [0.29, 0.717) is 26.1 Å². The molecule has 0 radical (unpaired) electrons. The van der Waals surface area contributed by atoms with Gasteiger partial charge in [-0.3, -0.25) is 9.59 Å². The van der Waals surface area contributed by atoms with E-state index in [9.17, 15) is 14.4 Å². The van der Waals surface area contributed by atoms with E-state index in [2.05, 4.69) is 15.4 Å². The van der Waals surface area contributed by atoms with Crippen molar-refractivity contribution < 1.29 is 28.6 Å². The average molecular weight is 332 g/mol. The highest BCUT2D eigenvalue weighted by Gasteiger charge is 2.26. The normalized spacial score (nSPS) is 28.7. The molecule has 1 rings (SSSR count). The topological polar surface area (TPSA) is 155 Å². The molecule has 2 amide bonds. The number of amides is 2. The summed E-state index contributed by atoms with van der Waals surface area (Å²) < 4.78 is 15.2. The van der Waals surface area contributed by atoms with Gasteiger partial charge in [-0.15, -0.1) is 0 Å². The molecular formula is C13H24N4O6. The smallest absolute Gasteiger partial charge is 0.330 e. The number of carbonyl (C=O) groups is 3. The fourth-order valence-corrected chi connectivity index (χ4v) is 1.79. The summed E-state index contributed by atoms with van der Waals surface area (Å²) in [5, 5.41) is 4.63. The fraction of sp³-hybridized carbons (Fsp3) is 0.769. The van der Waals surface area contributed by atoms with Gasteiger partial charge in [0.05, 0.1) is 20.3 Å². The van der Waals surface area contributed by atoms with Gasteiger partial charge in [0.1, 0.15) is 6.04 Å². The van der Waals surface area contributed by atoms with Gasteiger partial charge in [-0.05, 0) is 12.8 Å². The standard InChI is InChI=1S/C13H24N4O6/c1-21-13(20)9-7-23-5-3-2-4-22-6-8(14)11(18)17-10(15)12(19)16-9/h8-10H,2-7,14-15H2,1H3,(H,16,19)(H,17,18)/t8-,9-,10+/m0/s1. The molecule has 1 aliphatic rings. The molecule has 1 fully saturated rings. The molecule has 3 atom stereocenters. The van der Waals surface area contributed by atoms with E-state index in [-0.39, 0.29) is 13.2 Å². The van der Waals surface area contributed by atoms with E-state index in [0.717, 1.165) is 0 Å². The SMILES string of the molecule is COC(=O)[C@@H]1COCCCCOC[C@H](N)C(=O)N[C@@H](N)C(=O)N1. The molecule has 0 bridgehead atoms. The van der Waals surface area contributed by atoms with Crippen LogP contribution in [0, 0.1) is 0 Å². The molecular weight excluding hydrogens is 308 g/mol. The van der Waals surface area contributed by atoms with Crippen LogP contribution in [0.15, 0.2) is 0 Å². The molecule has 1 aliphatic heterocycles. The van der Waals surface area contributed by atoms with Gasteiger partial charge < -0.3 is 36.3 Å². The molecule has 0 aromatic heterocycles. The summed E-state index contributed by atoms with van der Waals surface area (Å²) in [7, 11) is 1.20. The van der Waals surface area contributed by atoms with Crippen LogP contribution in [0.5, 0.6) is 0 Å². The van der Waals surface area contributed by atoms with Gasteiger partial charge >= 0.3 is 5.97 Å². The Balaban J connectivity index is 2.73. The van der Waals surface area contributed by atoms with Crippen molar-refractivity contribution >= 4 is 17.8 Å². The van der Waals surface area contributed by atoms with Crippen LogP contribution in [0.25, 0.3) is 0 Å². The molecule has 6 N–H and O–H groups in total. The number of rotatable bonds is 1. The second-order valence-corrected chi connectivity index (χ2v) is 5.03. The van der Waals surface area contributed by atoms with E-state index in [1.165, 1.54) is 7.11 Å². The summed E-state index contributed by atoms with van der Waals surface area (Å²) in [6.07, 6.45) is 0.0529. The van der Waals surface area contributed by atoms with E-state index in [1.807, 2.05) is 0 Å². The van der Waals surface area contributed by atoms with Crippen LogP contribution >= 0.6 is 0 Å². The van der Waals surface area contributed by atoms with Gasteiger partial charge in [-0.2, -0.15) is 0 Å². The Morgan fingerprint density at radius 2 is 1.70 bits per heavy atom. The number of nitrogens with two attached hydrogens (primary N) is 2. The van der Waals surface area contributed by atoms with Crippen LogP contribution in [0.3, 0.4) is 0 Å². The zero-order valence-electron chi connectivity index (χ0n) is 13.1. The monoisotopic (exact) mass is 332 g/mol. The maximum atomic E-state index is 11.9. The van der Waals surface area contributed by atoms with Crippen molar-refractivity contribution in [2.24, 2.45) is 11.5 Å². The molecule has 0 aliphatic carbocycles. The van der Waals surface area contributed by atoms with Crippen molar-refractivity contribution in [2.75, 3.05) is 33.5 Å².